The van der Waals surface area contributed by atoms with Crippen molar-refractivity contribution in [2.24, 2.45) is 4.99 Å². The van der Waals surface area contributed by atoms with Crippen LogP contribution in [0.15, 0.2) is 40.2 Å². The summed E-state index contributed by atoms with van der Waals surface area (Å²) in [5.41, 5.74) is 0.808. The van der Waals surface area contributed by atoms with Gasteiger partial charge in [-0.2, -0.15) is 4.99 Å². The molecule has 144 valence electrons. The number of halogens is 1. The number of nitrogens with zero attached hydrogens (tertiary/aromatic N) is 2. The van der Waals surface area contributed by atoms with Gasteiger partial charge < -0.3 is 9.30 Å². The standard InChI is InChI=1S/C17H17ClN2O4S3/c1-3-24-9-8-20-12-5-4-11(27(2,22)23)10-14(12)26-17(20)19-16(21)13-6-7-15(18)25-13/h4-7,10H,3,8-9H2,1-2H3. The molecule has 0 aliphatic carbocycles. The SMILES string of the molecule is CCOCCn1c(=NC(=O)c2ccc(Cl)s2)sc2cc(S(C)(=O)=O)ccc21. The van der Waals surface area contributed by atoms with E-state index < -0.39 is 9.84 Å². The average Bonchev–Trinajstić information content (AvgIpc) is 3.18. The summed E-state index contributed by atoms with van der Waals surface area (Å²) < 4.78 is 32.2. The van der Waals surface area contributed by atoms with Crippen molar-refractivity contribution in [2.75, 3.05) is 19.5 Å². The quantitative estimate of drug-likeness (QED) is 0.544. The number of thiophene rings is 1. The molecule has 1 aromatic carbocycles. The summed E-state index contributed by atoms with van der Waals surface area (Å²) in [5.74, 6) is -0.382. The predicted octanol–water partition coefficient (Wildman–Crippen LogP) is 3.60. The van der Waals surface area contributed by atoms with Gasteiger partial charge in [-0.3, -0.25) is 4.79 Å². The van der Waals surface area contributed by atoms with Gasteiger partial charge >= 0.3 is 0 Å². The van der Waals surface area contributed by atoms with Gasteiger partial charge in [0.15, 0.2) is 14.6 Å². The lowest BCUT2D eigenvalue weighted by Gasteiger charge is -2.06. The molecule has 0 radical (unpaired) electrons. The highest BCUT2D eigenvalue weighted by Gasteiger charge is 2.14. The Morgan fingerprint density at radius 3 is 2.67 bits per heavy atom. The molecule has 0 aliphatic rings. The Bertz CT molecular complexity index is 1160. The number of fused-ring (bicyclic) bond motifs is 1. The van der Waals surface area contributed by atoms with Crippen LogP contribution in [0.5, 0.6) is 0 Å². The van der Waals surface area contributed by atoms with E-state index in [-0.39, 0.29) is 10.8 Å². The smallest absolute Gasteiger partial charge is 0.289 e. The highest BCUT2D eigenvalue weighted by molar-refractivity contribution is 7.90. The lowest BCUT2D eigenvalue weighted by atomic mass is 10.3. The van der Waals surface area contributed by atoms with Crippen LogP contribution in [0.1, 0.15) is 16.6 Å². The molecule has 3 aromatic rings. The van der Waals surface area contributed by atoms with Gasteiger partial charge in [0, 0.05) is 19.4 Å². The Balaban J connectivity index is 2.12. The molecule has 10 heteroatoms. The molecule has 1 amide bonds. The number of aromatic nitrogens is 1. The van der Waals surface area contributed by atoms with E-state index in [1.807, 2.05) is 11.5 Å². The second-order valence-corrected chi connectivity index (χ2v) is 10.4. The maximum absolute atomic E-state index is 12.5. The van der Waals surface area contributed by atoms with Crippen molar-refractivity contribution in [3.05, 3.63) is 44.3 Å². The van der Waals surface area contributed by atoms with Crippen LogP contribution in [-0.2, 0) is 21.1 Å². The van der Waals surface area contributed by atoms with Crippen LogP contribution in [0.25, 0.3) is 10.2 Å². The van der Waals surface area contributed by atoms with Crippen LogP contribution in [0.3, 0.4) is 0 Å². The van der Waals surface area contributed by atoms with E-state index in [0.29, 0.717) is 33.8 Å². The molecule has 0 atom stereocenters. The Labute approximate surface area is 169 Å². The summed E-state index contributed by atoms with van der Waals surface area (Å²) >= 11 is 8.33. The summed E-state index contributed by atoms with van der Waals surface area (Å²) in [6.45, 7) is 3.45. The van der Waals surface area contributed by atoms with Gasteiger partial charge in [0.05, 0.1) is 30.9 Å². The van der Waals surface area contributed by atoms with Gasteiger partial charge in [-0.05, 0) is 37.3 Å². The van der Waals surface area contributed by atoms with Gasteiger partial charge in [-0.15, -0.1) is 11.3 Å². The van der Waals surface area contributed by atoms with Crippen molar-refractivity contribution >= 4 is 60.2 Å². The van der Waals surface area contributed by atoms with Crippen LogP contribution >= 0.6 is 34.3 Å². The second-order valence-electron chi connectivity index (χ2n) is 5.66. The van der Waals surface area contributed by atoms with Crippen molar-refractivity contribution in [3.63, 3.8) is 0 Å². The second kappa shape index (κ2) is 8.24. The molecule has 27 heavy (non-hydrogen) atoms. The summed E-state index contributed by atoms with van der Waals surface area (Å²) in [5, 5.41) is 0. The largest absolute Gasteiger partial charge is 0.380 e. The molecule has 3 rings (SSSR count). The van der Waals surface area contributed by atoms with Gasteiger partial charge in [0.1, 0.15) is 0 Å². The lowest BCUT2D eigenvalue weighted by molar-refractivity contribution is 0.100. The van der Waals surface area contributed by atoms with Crippen LogP contribution < -0.4 is 4.80 Å². The number of carbonyl (C=O) groups is 1. The third-order valence-electron chi connectivity index (χ3n) is 3.73. The molecule has 0 saturated carbocycles. The monoisotopic (exact) mass is 444 g/mol. The van der Waals surface area contributed by atoms with Crippen LogP contribution in [-0.4, -0.2) is 38.4 Å². The number of hydrogen-bond donors (Lipinski definition) is 0. The number of amides is 1. The minimum atomic E-state index is -3.32. The first-order valence-electron chi connectivity index (χ1n) is 8.05. The molecule has 2 aromatic heterocycles. The fourth-order valence-corrected chi connectivity index (χ4v) is 5.20. The van der Waals surface area contributed by atoms with E-state index in [4.69, 9.17) is 16.3 Å². The van der Waals surface area contributed by atoms with Gasteiger partial charge in [0.25, 0.3) is 5.91 Å². The molecule has 0 fully saturated rings. The average molecular weight is 445 g/mol. The Kier molecular flexibility index (Phi) is 6.17. The molecular formula is C17H17ClN2O4S3. The van der Waals surface area contributed by atoms with Crippen molar-refractivity contribution in [2.45, 2.75) is 18.4 Å². The summed E-state index contributed by atoms with van der Waals surface area (Å²) in [6.07, 6.45) is 1.17. The van der Waals surface area contributed by atoms with Gasteiger partial charge in [-0.1, -0.05) is 22.9 Å². The van der Waals surface area contributed by atoms with E-state index in [0.717, 1.165) is 10.2 Å². The molecule has 0 bridgehead atoms. The molecule has 0 spiro atoms. The van der Waals surface area contributed by atoms with E-state index in [2.05, 4.69) is 4.99 Å². The number of carbonyl (C=O) groups excluding carboxylic acids is 1. The minimum absolute atomic E-state index is 0.233. The fraction of sp³-hybridized carbons (Fsp3) is 0.294. The molecule has 6 nitrogen and oxygen atoms in total. The zero-order chi connectivity index (χ0) is 19.6. The maximum atomic E-state index is 12.5. The molecule has 0 aliphatic heterocycles. The van der Waals surface area contributed by atoms with E-state index in [9.17, 15) is 13.2 Å². The Hall–Kier alpha value is -1.52. The zero-order valence-corrected chi connectivity index (χ0v) is 17.8. The van der Waals surface area contributed by atoms with Crippen molar-refractivity contribution in [1.82, 2.24) is 4.57 Å². The number of ether oxygens (including phenoxy) is 1. The van der Waals surface area contributed by atoms with E-state index in [1.54, 1.807) is 30.3 Å². The number of sulfone groups is 1. The third-order valence-corrected chi connectivity index (χ3v) is 7.10. The predicted molar refractivity (Wildman–Crippen MR) is 109 cm³/mol. The first-order chi connectivity index (χ1) is 12.8. The molecule has 2 heterocycles. The topological polar surface area (TPSA) is 77.7 Å². The Morgan fingerprint density at radius 2 is 2.04 bits per heavy atom. The fourth-order valence-electron chi connectivity index (χ4n) is 2.46. The van der Waals surface area contributed by atoms with Crippen molar-refractivity contribution < 1.29 is 17.9 Å². The first-order valence-corrected chi connectivity index (χ1v) is 12.0. The summed E-state index contributed by atoms with van der Waals surface area (Å²) in [6, 6.07) is 8.20. The Morgan fingerprint density at radius 1 is 1.26 bits per heavy atom. The number of thiazole rings is 1. The van der Waals surface area contributed by atoms with E-state index >= 15 is 0 Å². The number of rotatable bonds is 6. The molecule has 0 unspecified atom stereocenters. The number of hydrogen-bond acceptors (Lipinski definition) is 6. The van der Waals surface area contributed by atoms with Crippen molar-refractivity contribution in [3.8, 4) is 0 Å². The molecule has 0 N–H and O–H groups in total. The van der Waals surface area contributed by atoms with Gasteiger partial charge in [0.2, 0.25) is 0 Å². The lowest BCUT2D eigenvalue weighted by Crippen LogP contribution is -2.19. The van der Waals surface area contributed by atoms with Crippen LogP contribution in [0.4, 0.5) is 0 Å². The normalized spacial score (nSPS) is 12.8. The maximum Gasteiger partial charge on any atom is 0.289 e. The summed E-state index contributed by atoms with van der Waals surface area (Å²) in [4.78, 5) is 17.9. The van der Waals surface area contributed by atoms with Crippen LogP contribution in [0, 0.1) is 0 Å². The van der Waals surface area contributed by atoms with E-state index in [1.165, 1.54) is 28.9 Å². The first kappa shape index (κ1) is 20.2. The minimum Gasteiger partial charge on any atom is -0.380 e. The summed E-state index contributed by atoms with van der Waals surface area (Å²) in [7, 11) is -3.32. The third kappa shape index (κ3) is 4.67. The zero-order valence-electron chi connectivity index (χ0n) is 14.6. The van der Waals surface area contributed by atoms with Gasteiger partial charge in [-0.25, -0.2) is 8.42 Å². The van der Waals surface area contributed by atoms with Crippen LogP contribution in [0.2, 0.25) is 4.34 Å². The highest BCUT2D eigenvalue weighted by Crippen LogP contribution is 2.24. The van der Waals surface area contributed by atoms with Crippen molar-refractivity contribution in [1.29, 1.82) is 0 Å². The highest BCUT2D eigenvalue weighted by atomic mass is 35.5. The molecular weight excluding hydrogens is 428 g/mol. The number of benzene rings is 1. The molecule has 0 saturated heterocycles.